The van der Waals surface area contributed by atoms with Gasteiger partial charge in [-0.3, -0.25) is 0 Å². The third-order valence-corrected chi connectivity index (χ3v) is 2.85. The topological polar surface area (TPSA) is 15.3 Å². The van der Waals surface area contributed by atoms with Crippen molar-refractivity contribution in [2.75, 3.05) is 31.6 Å². The van der Waals surface area contributed by atoms with Crippen molar-refractivity contribution in [3.8, 4) is 0 Å². The molecule has 0 aliphatic carbocycles. The summed E-state index contributed by atoms with van der Waals surface area (Å²) in [7, 11) is 2.01. The van der Waals surface area contributed by atoms with Crippen LogP contribution in [0.25, 0.3) is 0 Å². The lowest BCUT2D eigenvalue weighted by Crippen LogP contribution is -2.19. The second kappa shape index (κ2) is 8.07. The molecule has 0 atom stereocenters. The van der Waals surface area contributed by atoms with Crippen LogP contribution in [0.2, 0.25) is 0 Å². The Hall–Kier alpha value is -1.09. The predicted octanol–water partition coefficient (Wildman–Crippen LogP) is 3.04. The largest absolute Gasteiger partial charge is 0.375 e. The molecule has 1 aromatic rings. The molecule has 1 N–H and O–H groups in total. The number of rotatable bonds is 8. The molecule has 0 unspecified atom stereocenters. The van der Waals surface area contributed by atoms with E-state index in [1.165, 1.54) is 18.9 Å². The average molecular weight is 238 g/mol. The highest BCUT2D eigenvalue weighted by Crippen LogP contribution is 2.14. The molecule has 0 saturated carbocycles. The van der Waals surface area contributed by atoms with Gasteiger partial charge >= 0.3 is 0 Å². The molecule has 17 heavy (non-hydrogen) atoms. The van der Waals surface area contributed by atoms with Crippen molar-refractivity contribution in [2.24, 2.45) is 0 Å². The van der Waals surface area contributed by atoms with Gasteiger partial charge < -0.3 is 10.2 Å². The maximum Gasteiger partial charge on any atom is 0.125 e. The van der Waals surface area contributed by atoms with Crippen LogP contribution < -0.4 is 10.2 Å². The number of hydrogen-bond acceptors (Lipinski definition) is 2. The van der Waals surface area contributed by atoms with Gasteiger partial charge in [0, 0.05) is 19.3 Å². The highest BCUT2D eigenvalue weighted by atomic mass is 19.1. The molecule has 0 radical (unpaired) electrons. The number of halogens is 1. The number of unbranched alkanes of at least 4 members (excludes halogenated alkanes) is 2. The summed E-state index contributed by atoms with van der Waals surface area (Å²) in [5.74, 6) is -0.165. The first-order valence-electron chi connectivity index (χ1n) is 6.41. The summed E-state index contributed by atoms with van der Waals surface area (Å²) in [6.07, 6.45) is 3.58. The van der Waals surface area contributed by atoms with Crippen molar-refractivity contribution < 1.29 is 4.39 Å². The van der Waals surface area contributed by atoms with Crippen LogP contribution >= 0.6 is 0 Å². The van der Waals surface area contributed by atoms with Gasteiger partial charge in [-0.05, 0) is 44.1 Å². The monoisotopic (exact) mass is 238 g/mol. The first-order chi connectivity index (χ1) is 8.24. The fourth-order valence-electron chi connectivity index (χ4n) is 1.80. The fraction of sp³-hybridized carbons (Fsp3) is 0.571. The molecule has 0 saturated heterocycles. The van der Waals surface area contributed by atoms with E-state index in [4.69, 9.17) is 0 Å². The van der Waals surface area contributed by atoms with E-state index in [1.54, 1.807) is 12.1 Å². The Labute approximate surface area is 104 Å². The van der Waals surface area contributed by atoms with E-state index in [2.05, 4.69) is 17.1 Å². The maximum absolute atomic E-state index is 13.0. The summed E-state index contributed by atoms with van der Waals surface area (Å²) in [5, 5.41) is 3.31. The van der Waals surface area contributed by atoms with Crippen LogP contribution in [0.5, 0.6) is 0 Å². The van der Waals surface area contributed by atoms with Crippen molar-refractivity contribution in [3.05, 3.63) is 30.1 Å². The summed E-state index contributed by atoms with van der Waals surface area (Å²) in [5.41, 5.74) is 0.955. The summed E-state index contributed by atoms with van der Waals surface area (Å²) in [6.45, 7) is 5.25. The van der Waals surface area contributed by atoms with Gasteiger partial charge in [0.15, 0.2) is 0 Å². The Balaban J connectivity index is 2.19. The third-order valence-electron chi connectivity index (χ3n) is 2.85. The molecule has 0 fully saturated rings. The molecule has 3 heteroatoms. The number of nitrogens with zero attached hydrogens (tertiary/aromatic N) is 1. The van der Waals surface area contributed by atoms with Gasteiger partial charge in [-0.1, -0.05) is 19.4 Å². The Bertz CT molecular complexity index is 315. The molecule has 0 aliphatic rings. The van der Waals surface area contributed by atoms with E-state index >= 15 is 0 Å². The zero-order chi connectivity index (χ0) is 12.5. The Kier molecular flexibility index (Phi) is 6.63. The van der Waals surface area contributed by atoms with Gasteiger partial charge in [-0.2, -0.15) is 0 Å². The number of hydrogen-bond donors (Lipinski definition) is 1. The molecule has 0 aliphatic heterocycles. The first-order valence-corrected chi connectivity index (χ1v) is 6.41. The summed E-state index contributed by atoms with van der Waals surface area (Å²) in [6, 6.07) is 6.76. The van der Waals surface area contributed by atoms with Crippen LogP contribution in [-0.2, 0) is 0 Å². The lowest BCUT2D eigenvalue weighted by atomic mass is 10.2. The number of anilines is 1. The lowest BCUT2D eigenvalue weighted by molar-refractivity contribution is 0.612. The number of benzene rings is 1. The van der Waals surface area contributed by atoms with E-state index < -0.39 is 0 Å². The van der Waals surface area contributed by atoms with Crippen molar-refractivity contribution in [2.45, 2.75) is 26.2 Å². The Morgan fingerprint density at radius 1 is 1.24 bits per heavy atom. The molecule has 1 aromatic carbocycles. The van der Waals surface area contributed by atoms with Gasteiger partial charge in [-0.15, -0.1) is 0 Å². The minimum absolute atomic E-state index is 0.165. The second-order valence-electron chi connectivity index (χ2n) is 4.32. The van der Waals surface area contributed by atoms with Crippen LogP contribution in [0.4, 0.5) is 10.1 Å². The van der Waals surface area contributed by atoms with Gasteiger partial charge in [-0.25, -0.2) is 4.39 Å². The predicted molar refractivity (Wildman–Crippen MR) is 72.1 cm³/mol. The van der Waals surface area contributed by atoms with E-state index in [1.807, 2.05) is 13.1 Å². The van der Waals surface area contributed by atoms with Gasteiger partial charge in [0.05, 0.1) is 0 Å². The van der Waals surface area contributed by atoms with E-state index in [-0.39, 0.29) is 5.82 Å². The highest BCUT2D eigenvalue weighted by Gasteiger charge is 2.01. The molecule has 0 spiro atoms. The van der Waals surface area contributed by atoms with Crippen LogP contribution in [0.3, 0.4) is 0 Å². The fourth-order valence-corrected chi connectivity index (χ4v) is 1.80. The van der Waals surface area contributed by atoms with Crippen molar-refractivity contribution in [3.63, 3.8) is 0 Å². The van der Waals surface area contributed by atoms with Gasteiger partial charge in [0.2, 0.25) is 0 Å². The van der Waals surface area contributed by atoms with Gasteiger partial charge in [0.25, 0.3) is 0 Å². The maximum atomic E-state index is 13.0. The lowest BCUT2D eigenvalue weighted by Gasteiger charge is -2.19. The van der Waals surface area contributed by atoms with Crippen LogP contribution in [0.15, 0.2) is 24.3 Å². The molecular formula is C14H23FN2. The zero-order valence-electron chi connectivity index (χ0n) is 10.9. The van der Waals surface area contributed by atoms with Crippen LogP contribution in [0.1, 0.15) is 26.2 Å². The summed E-state index contributed by atoms with van der Waals surface area (Å²) < 4.78 is 13.0. The zero-order valence-corrected chi connectivity index (χ0v) is 10.9. The second-order valence-corrected chi connectivity index (χ2v) is 4.32. The Morgan fingerprint density at radius 2 is 2.06 bits per heavy atom. The van der Waals surface area contributed by atoms with Crippen molar-refractivity contribution in [1.29, 1.82) is 0 Å². The molecule has 1 rings (SSSR count). The molecule has 0 aromatic heterocycles. The first kappa shape index (κ1) is 14.0. The quantitative estimate of drug-likeness (QED) is 0.700. The van der Waals surface area contributed by atoms with E-state index in [0.717, 1.165) is 31.7 Å². The highest BCUT2D eigenvalue weighted by molar-refractivity contribution is 5.45. The minimum Gasteiger partial charge on any atom is -0.375 e. The molecule has 96 valence electrons. The van der Waals surface area contributed by atoms with Crippen LogP contribution in [-0.4, -0.2) is 26.7 Å². The molecule has 2 nitrogen and oxygen atoms in total. The number of nitrogens with one attached hydrogen (secondary N) is 1. The van der Waals surface area contributed by atoms with Gasteiger partial charge in [0.1, 0.15) is 5.82 Å². The van der Waals surface area contributed by atoms with Crippen LogP contribution in [0, 0.1) is 5.82 Å². The average Bonchev–Trinajstić information content (AvgIpc) is 2.33. The minimum atomic E-state index is -0.165. The SMILES string of the molecule is CCNCCCCCN(C)c1cccc(F)c1. The smallest absolute Gasteiger partial charge is 0.125 e. The molecule has 0 amide bonds. The van der Waals surface area contributed by atoms with E-state index in [9.17, 15) is 4.39 Å². The Morgan fingerprint density at radius 3 is 2.76 bits per heavy atom. The molecule has 0 heterocycles. The molecule has 0 bridgehead atoms. The standard InChI is InChI=1S/C14H23FN2/c1-3-16-10-5-4-6-11-17(2)14-9-7-8-13(15)12-14/h7-9,12,16H,3-6,10-11H2,1-2H3. The third kappa shape index (κ3) is 5.68. The van der Waals surface area contributed by atoms with Crippen molar-refractivity contribution in [1.82, 2.24) is 5.32 Å². The van der Waals surface area contributed by atoms with Crippen molar-refractivity contribution >= 4 is 5.69 Å². The summed E-state index contributed by atoms with van der Waals surface area (Å²) in [4.78, 5) is 2.11. The van der Waals surface area contributed by atoms with E-state index in [0.29, 0.717) is 0 Å². The molecular weight excluding hydrogens is 215 g/mol. The summed E-state index contributed by atoms with van der Waals surface area (Å²) >= 11 is 0. The normalized spacial score (nSPS) is 10.5.